The van der Waals surface area contributed by atoms with Gasteiger partial charge >= 0.3 is 0 Å². The lowest BCUT2D eigenvalue weighted by Gasteiger charge is -2.33. The first-order chi connectivity index (χ1) is 35.6. The zero-order valence-corrected chi connectivity index (χ0v) is 45.3. The predicted molar refractivity (Wildman–Crippen MR) is 313 cm³/mol. The fourth-order valence-electron chi connectivity index (χ4n) is 13.4. The van der Waals surface area contributed by atoms with Gasteiger partial charge in [-0.25, -0.2) is 0 Å². The Hall–Kier alpha value is -5.96. The number of allylic oxidation sites excluding steroid dienone is 1. The maximum absolute atomic E-state index is 11.2. The van der Waals surface area contributed by atoms with Gasteiger partial charge in [-0.05, 0) is 175 Å². The van der Waals surface area contributed by atoms with Crippen LogP contribution in [0.5, 0.6) is 5.75 Å². The topological polar surface area (TPSA) is 32.3 Å². The summed E-state index contributed by atoms with van der Waals surface area (Å²) in [6, 6.07) is 51.9. The number of fused-ring (bicyclic) bond motifs is 9. The van der Waals surface area contributed by atoms with E-state index in [1.807, 2.05) is 13.1 Å². The Labute approximate surface area is 439 Å². The smallest absolute Gasteiger partial charge is 0.119 e. The molecule has 2 nitrogen and oxygen atoms in total. The van der Waals surface area contributed by atoms with Gasteiger partial charge in [0.15, 0.2) is 0 Å². The number of benzene rings is 7. The summed E-state index contributed by atoms with van der Waals surface area (Å²) in [5.41, 5.74) is 25.3. The Kier molecular flexibility index (Phi) is 15.1. The van der Waals surface area contributed by atoms with Gasteiger partial charge in [0.2, 0.25) is 0 Å². The Balaban J connectivity index is 0.905. The summed E-state index contributed by atoms with van der Waals surface area (Å²) in [6.45, 7) is 14.0. The molecule has 0 spiro atoms. The molecule has 0 aliphatic heterocycles. The highest BCUT2D eigenvalue weighted by Crippen LogP contribution is 2.56. The first-order valence-corrected chi connectivity index (χ1v) is 28.6. The van der Waals surface area contributed by atoms with Crippen LogP contribution >= 0.6 is 0 Å². The van der Waals surface area contributed by atoms with Gasteiger partial charge in [0, 0.05) is 22.8 Å². The van der Waals surface area contributed by atoms with Crippen LogP contribution in [0.2, 0.25) is 0 Å². The van der Waals surface area contributed by atoms with Crippen LogP contribution in [0.25, 0.3) is 66.8 Å². The van der Waals surface area contributed by atoms with Gasteiger partial charge in [0.05, 0.1) is 0 Å². The van der Waals surface area contributed by atoms with Crippen molar-refractivity contribution in [2.45, 2.75) is 167 Å². The third kappa shape index (κ3) is 9.71. The quantitative estimate of drug-likeness (QED) is 0.0524. The second-order valence-electron chi connectivity index (χ2n) is 22.7. The summed E-state index contributed by atoms with van der Waals surface area (Å²) in [4.78, 5) is 0. The third-order valence-electron chi connectivity index (χ3n) is 17.7. The number of phenols is 1. The van der Waals surface area contributed by atoms with E-state index >= 15 is 0 Å². The van der Waals surface area contributed by atoms with E-state index in [1.165, 1.54) is 168 Å². The molecule has 10 rings (SSSR count). The summed E-state index contributed by atoms with van der Waals surface area (Å²) >= 11 is 0. The predicted octanol–water partition coefficient (Wildman–Crippen LogP) is 19.7. The van der Waals surface area contributed by atoms with Gasteiger partial charge in [0.1, 0.15) is 5.75 Å². The molecule has 2 N–H and O–H groups in total. The molecule has 7 aromatic rings. The number of rotatable bonds is 22. The molecule has 0 radical (unpaired) electrons. The van der Waals surface area contributed by atoms with Gasteiger partial charge in [-0.1, -0.05) is 228 Å². The van der Waals surface area contributed by atoms with Crippen molar-refractivity contribution in [2.24, 2.45) is 0 Å². The van der Waals surface area contributed by atoms with Crippen LogP contribution in [0.1, 0.15) is 183 Å². The molecule has 0 aromatic heterocycles. The van der Waals surface area contributed by atoms with Gasteiger partial charge in [-0.15, -0.1) is 0 Å². The third-order valence-corrected chi connectivity index (χ3v) is 17.7. The summed E-state index contributed by atoms with van der Waals surface area (Å²) in [6.07, 6.45) is 24.6. The lowest BCUT2D eigenvalue weighted by atomic mass is 9.70. The Morgan fingerprint density at radius 3 is 1.45 bits per heavy atom. The highest BCUT2D eigenvalue weighted by Gasteiger charge is 2.43. The molecule has 0 heterocycles. The number of hydrogen-bond donors (Lipinski definition) is 2. The molecule has 2 unspecified atom stereocenters. The molecule has 0 saturated heterocycles. The van der Waals surface area contributed by atoms with Crippen molar-refractivity contribution in [3.63, 3.8) is 0 Å². The lowest BCUT2D eigenvalue weighted by molar-refractivity contribution is 0.398. The van der Waals surface area contributed by atoms with Crippen LogP contribution in [0.3, 0.4) is 0 Å². The van der Waals surface area contributed by atoms with E-state index in [-0.39, 0.29) is 22.8 Å². The Bertz CT molecular complexity index is 3110. The van der Waals surface area contributed by atoms with E-state index in [4.69, 9.17) is 0 Å². The number of aromatic hydroxyl groups is 1. The molecule has 0 amide bonds. The Morgan fingerprint density at radius 1 is 0.493 bits per heavy atom. The first-order valence-electron chi connectivity index (χ1n) is 28.6. The minimum atomic E-state index is -0.146. The highest BCUT2D eigenvalue weighted by molar-refractivity contribution is 5.89. The van der Waals surface area contributed by atoms with E-state index in [1.54, 1.807) is 11.1 Å². The monoisotopic (exact) mass is 964 g/mol. The second-order valence-corrected chi connectivity index (χ2v) is 22.7. The van der Waals surface area contributed by atoms with Crippen molar-refractivity contribution in [1.82, 2.24) is 5.32 Å². The van der Waals surface area contributed by atoms with E-state index in [0.717, 1.165) is 29.5 Å². The van der Waals surface area contributed by atoms with Gasteiger partial charge in [-0.3, -0.25) is 0 Å². The average Bonchev–Trinajstić information content (AvgIpc) is 3.95. The van der Waals surface area contributed by atoms with E-state index < -0.39 is 0 Å². The van der Waals surface area contributed by atoms with Gasteiger partial charge in [-0.2, -0.15) is 0 Å². The molecule has 376 valence electrons. The van der Waals surface area contributed by atoms with Crippen LogP contribution < -0.4 is 5.32 Å². The van der Waals surface area contributed by atoms with E-state index in [9.17, 15) is 5.11 Å². The second kappa shape index (κ2) is 21.9. The zero-order chi connectivity index (χ0) is 50.7. The van der Waals surface area contributed by atoms with Gasteiger partial charge < -0.3 is 10.4 Å². The molecule has 3 aliphatic carbocycles. The first kappa shape index (κ1) is 50.6. The summed E-state index contributed by atoms with van der Waals surface area (Å²) < 4.78 is 0. The van der Waals surface area contributed by atoms with Crippen LogP contribution in [0.15, 0.2) is 146 Å². The van der Waals surface area contributed by atoms with Crippen molar-refractivity contribution in [3.05, 3.63) is 185 Å². The molecule has 0 bridgehead atoms. The van der Waals surface area contributed by atoms with Crippen LogP contribution in [-0.4, -0.2) is 18.2 Å². The summed E-state index contributed by atoms with van der Waals surface area (Å²) in [7, 11) is 1.98. The van der Waals surface area contributed by atoms with Crippen LogP contribution in [-0.2, 0) is 17.3 Å². The molecule has 0 fully saturated rings. The van der Waals surface area contributed by atoms with Crippen molar-refractivity contribution in [3.8, 4) is 72.5 Å². The minimum absolute atomic E-state index is 0.0709. The minimum Gasteiger partial charge on any atom is -0.508 e. The van der Waals surface area contributed by atoms with Crippen molar-refractivity contribution in [1.29, 1.82) is 0 Å². The van der Waals surface area contributed by atoms with Crippen molar-refractivity contribution in [2.75, 3.05) is 7.05 Å². The van der Waals surface area contributed by atoms with E-state index in [0.29, 0.717) is 5.75 Å². The lowest BCUT2D eigenvalue weighted by Crippen LogP contribution is -2.25. The molecule has 2 atom stereocenters. The maximum Gasteiger partial charge on any atom is 0.119 e. The van der Waals surface area contributed by atoms with Crippen LogP contribution in [0, 0.1) is 0 Å². The molecular weight excluding hydrogens is 883 g/mol. The molecule has 7 aromatic carbocycles. The van der Waals surface area contributed by atoms with Gasteiger partial charge in [0.25, 0.3) is 0 Å². The number of nitrogens with one attached hydrogen (secondary N) is 1. The number of likely N-dealkylation sites (N-methyl/N-ethyl adjacent to an activating group) is 1. The fourth-order valence-corrected chi connectivity index (χ4v) is 13.4. The standard InChI is InChI=1S/C71H81NO/c1-8-11-14-16-18-22-39-71(40-23-19-17-15-12-9-2)65-26-21-20-25-59(65)62-38-33-53(46-68(62)71)52-32-37-61-60-36-31-51(44-66(60)70(5,6)67(61)45-52)49-29-34-57-58-35-30-50(43-64(58)48(4)63(57)42-49)54-27-28-55(69(73)47-54)41-56(72-7)24-13-10-3/h13,20-21,24-38,42-48,56,72-73H,8-12,14-19,22-23,39-41H2,1-7H3/b24-13-. The fraction of sp³-hybridized carbons (Fsp3) is 0.380. The van der Waals surface area contributed by atoms with Crippen molar-refractivity contribution >= 4 is 0 Å². The molecule has 3 aliphatic rings. The molecule has 0 saturated carbocycles. The highest BCUT2D eigenvalue weighted by atomic mass is 16.3. The normalized spacial score (nSPS) is 15.7. The largest absolute Gasteiger partial charge is 0.508 e. The van der Waals surface area contributed by atoms with E-state index in [2.05, 4.69) is 186 Å². The summed E-state index contributed by atoms with van der Waals surface area (Å²) in [5, 5.41) is 14.5. The average molecular weight is 964 g/mol. The number of hydrogen-bond acceptors (Lipinski definition) is 2. The van der Waals surface area contributed by atoms with Crippen LogP contribution in [0.4, 0.5) is 0 Å². The SMILES string of the molecule is CC/C=C\C(Cc1ccc(-c2ccc3c(c2)C(C)c2cc(-c4ccc5c(c4)C(C)(C)c4cc(-c6ccc7c(c6)C(CCCCCCCC)(CCCCCCCC)c6ccccc6-7)ccc4-5)ccc2-3)cc1O)NC. The zero-order valence-electron chi connectivity index (χ0n) is 45.3. The molecule has 2 heteroatoms. The molecule has 73 heavy (non-hydrogen) atoms. The molecular formula is C71H81NO. The Morgan fingerprint density at radius 2 is 0.932 bits per heavy atom. The number of unbranched alkanes of at least 4 members (excludes halogenated alkanes) is 10. The maximum atomic E-state index is 11.2. The number of phenolic OH excluding ortho intramolecular Hbond substituents is 1. The van der Waals surface area contributed by atoms with Crippen molar-refractivity contribution < 1.29 is 5.11 Å². The summed E-state index contributed by atoms with van der Waals surface area (Å²) in [5.74, 6) is 0.618.